The van der Waals surface area contributed by atoms with E-state index in [0.29, 0.717) is 18.8 Å². The Morgan fingerprint density at radius 3 is 2.86 bits per heavy atom. The molecule has 8 heteroatoms. The van der Waals surface area contributed by atoms with Gasteiger partial charge >= 0.3 is 0 Å². The third kappa shape index (κ3) is 2.75. The van der Waals surface area contributed by atoms with Gasteiger partial charge in [0.1, 0.15) is 5.52 Å². The Hall–Kier alpha value is -2.87. The molecule has 0 unspecified atom stereocenters. The number of fused-ring (bicyclic) bond motifs is 2. The molecule has 1 saturated heterocycles. The van der Waals surface area contributed by atoms with Gasteiger partial charge in [0.2, 0.25) is 0 Å². The van der Waals surface area contributed by atoms with Crippen LogP contribution < -0.4 is 4.90 Å². The van der Waals surface area contributed by atoms with Crippen molar-refractivity contribution in [1.82, 2.24) is 25.1 Å². The van der Waals surface area contributed by atoms with Crippen LogP contribution in [0.1, 0.15) is 41.7 Å². The smallest absolute Gasteiger partial charge is 0.274 e. The quantitative estimate of drug-likeness (QED) is 0.712. The third-order valence-corrected chi connectivity index (χ3v) is 5.77. The standard InChI is InChI=1S/C20H24N6O2/c1-12-10-14-17(13(2)28-12)23-24-18(14)20(27)26-8-6-25(7-9-26)16-5-3-4-15-19(16)22-11-21-15/h3-5,11-13H,6-10H2,1-2H3,(H,21,22)(H,23,24)/t12-,13+/m1/s1. The van der Waals surface area contributed by atoms with E-state index in [1.54, 1.807) is 6.33 Å². The number of aromatic nitrogens is 4. The largest absolute Gasteiger partial charge is 0.369 e. The Morgan fingerprint density at radius 2 is 2.04 bits per heavy atom. The van der Waals surface area contributed by atoms with E-state index in [9.17, 15) is 4.79 Å². The fraction of sp³-hybridized carbons (Fsp3) is 0.450. The number of nitrogens with one attached hydrogen (secondary N) is 2. The van der Waals surface area contributed by atoms with Gasteiger partial charge in [0, 0.05) is 38.2 Å². The molecule has 5 rings (SSSR count). The topological polar surface area (TPSA) is 90.1 Å². The van der Waals surface area contributed by atoms with E-state index in [4.69, 9.17) is 4.74 Å². The number of anilines is 1. The van der Waals surface area contributed by atoms with Crippen molar-refractivity contribution < 1.29 is 9.53 Å². The van der Waals surface area contributed by atoms with Gasteiger partial charge in [-0.2, -0.15) is 5.10 Å². The molecular weight excluding hydrogens is 356 g/mol. The first-order chi connectivity index (χ1) is 13.6. The van der Waals surface area contributed by atoms with Crippen molar-refractivity contribution in [3.63, 3.8) is 0 Å². The van der Waals surface area contributed by atoms with Gasteiger partial charge in [-0.15, -0.1) is 0 Å². The summed E-state index contributed by atoms with van der Waals surface area (Å²) in [5.74, 6) is 0.0106. The summed E-state index contributed by atoms with van der Waals surface area (Å²) in [5.41, 5.74) is 5.63. The van der Waals surface area contributed by atoms with Gasteiger partial charge in [0.25, 0.3) is 5.91 Å². The van der Waals surface area contributed by atoms with Gasteiger partial charge in [0.05, 0.1) is 35.4 Å². The molecule has 28 heavy (non-hydrogen) atoms. The lowest BCUT2D eigenvalue weighted by atomic mass is 9.99. The van der Waals surface area contributed by atoms with Crippen LogP contribution in [0.2, 0.25) is 0 Å². The molecule has 1 aromatic carbocycles. The van der Waals surface area contributed by atoms with Crippen LogP contribution in [-0.4, -0.2) is 63.3 Å². The first-order valence-corrected chi connectivity index (χ1v) is 9.80. The number of aromatic amines is 2. The number of carbonyl (C=O) groups is 1. The predicted molar refractivity (Wildman–Crippen MR) is 105 cm³/mol. The maximum absolute atomic E-state index is 13.1. The second kappa shape index (κ2) is 6.63. The number of amides is 1. The van der Waals surface area contributed by atoms with Crippen LogP contribution in [0.5, 0.6) is 0 Å². The summed E-state index contributed by atoms with van der Waals surface area (Å²) < 4.78 is 5.83. The van der Waals surface area contributed by atoms with Gasteiger partial charge in [0.15, 0.2) is 5.69 Å². The molecule has 2 N–H and O–H groups in total. The molecule has 2 aliphatic heterocycles. The average Bonchev–Trinajstić information content (AvgIpc) is 3.34. The number of para-hydroxylation sites is 1. The maximum Gasteiger partial charge on any atom is 0.274 e. The molecule has 3 aromatic rings. The van der Waals surface area contributed by atoms with Crippen LogP contribution in [-0.2, 0) is 11.2 Å². The molecule has 0 bridgehead atoms. The molecule has 1 fully saturated rings. The van der Waals surface area contributed by atoms with Crippen molar-refractivity contribution in [3.05, 3.63) is 41.5 Å². The van der Waals surface area contributed by atoms with E-state index in [-0.39, 0.29) is 18.1 Å². The van der Waals surface area contributed by atoms with Crippen LogP contribution in [0.4, 0.5) is 5.69 Å². The zero-order valence-corrected chi connectivity index (χ0v) is 16.1. The highest BCUT2D eigenvalue weighted by atomic mass is 16.5. The summed E-state index contributed by atoms with van der Waals surface area (Å²) in [5, 5.41) is 7.37. The van der Waals surface area contributed by atoms with Gasteiger partial charge in [-0.25, -0.2) is 4.98 Å². The SMILES string of the molecule is C[C@@H]1Cc2c(C(=O)N3CCN(c4cccc5[nH]cnc45)CC3)n[nH]c2[C@H](C)O1. The zero-order valence-electron chi connectivity index (χ0n) is 16.1. The monoisotopic (exact) mass is 380 g/mol. The highest BCUT2D eigenvalue weighted by Crippen LogP contribution is 2.31. The van der Waals surface area contributed by atoms with Crippen molar-refractivity contribution >= 4 is 22.6 Å². The van der Waals surface area contributed by atoms with E-state index in [1.165, 1.54) is 0 Å². The molecular formula is C20H24N6O2. The Morgan fingerprint density at radius 1 is 1.21 bits per heavy atom. The average molecular weight is 380 g/mol. The van der Waals surface area contributed by atoms with Gasteiger partial charge < -0.3 is 19.5 Å². The number of rotatable bonds is 2. The highest BCUT2D eigenvalue weighted by molar-refractivity contribution is 5.94. The molecule has 0 saturated carbocycles. The zero-order chi connectivity index (χ0) is 19.3. The fourth-order valence-corrected chi connectivity index (χ4v) is 4.36. The molecule has 4 heterocycles. The minimum absolute atomic E-state index is 0.0106. The van der Waals surface area contributed by atoms with E-state index >= 15 is 0 Å². The maximum atomic E-state index is 13.1. The van der Waals surface area contributed by atoms with Crippen LogP contribution in [0.15, 0.2) is 24.5 Å². The van der Waals surface area contributed by atoms with Crippen molar-refractivity contribution in [2.45, 2.75) is 32.5 Å². The molecule has 2 aliphatic rings. The van der Waals surface area contributed by atoms with Crippen molar-refractivity contribution in [3.8, 4) is 0 Å². The minimum atomic E-state index is -0.0565. The second-order valence-electron chi connectivity index (χ2n) is 7.61. The molecule has 0 aliphatic carbocycles. The molecule has 1 amide bonds. The molecule has 0 spiro atoms. The number of H-pyrrole nitrogens is 2. The second-order valence-corrected chi connectivity index (χ2v) is 7.61. The van der Waals surface area contributed by atoms with Crippen molar-refractivity contribution in [2.24, 2.45) is 0 Å². The number of hydrogen-bond donors (Lipinski definition) is 2. The Kier molecular flexibility index (Phi) is 4.08. The fourth-order valence-electron chi connectivity index (χ4n) is 4.36. The van der Waals surface area contributed by atoms with Gasteiger partial charge in [-0.05, 0) is 26.0 Å². The molecule has 2 atom stereocenters. The van der Waals surface area contributed by atoms with E-state index in [2.05, 4.69) is 31.1 Å². The molecule has 2 aromatic heterocycles. The number of nitrogens with zero attached hydrogens (tertiary/aromatic N) is 4. The van der Waals surface area contributed by atoms with Crippen molar-refractivity contribution in [2.75, 3.05) is 31.1 Å². The summed E-state index contributed by atoms with van der Waals surface area (Å²) in [6, 6.07) is 6.15. The molecule has 8 nitrogen and oxygen atoms in total. The number of piperazine rings is 1. The van der Waals surface area contributed by atoms with Crippen molar-refractivity contribution in [1.29, 1.82) is 0 Å². The summed E-state index contributed by atoms with van der Waals surface area (Å²) in [7, 11) is 0. The first kappa shape index (κ1) is 17.2. The summed E-state index contributed by atoms with van der Waals surface area (Å²) in [6.07, 6.45) is 2.48. The van der Waals surface area contributed by atoms with E-state index < -0.39 is 0 Å². The number of imidazole rings is 1. The van der Waals surface area contributed by atoms with Crippen LogP contribution >= 0.6 is 0 Å². The first-order valence-electron chi connectivity index (χ1n) is 9.80. The lowest BCUT2D eigenvalue weighted by Gasteiger charge is -2.36. The Labute approximate surface area is 162 Å². The number of hydrogen-bond acceptors (Lipinski definition) is 5. The number of benzene rings is 1. The molecule has 146 valence electrons. The lowest BCUT2D eigenvalue weighted by molar-refractivity contribution is -0.00702. The molecule has 0 radical (unpaired) electrons. The summed E-state index contributed by atoms with van der Waals surface area (Å²) in [4.78, 5) is 24.9. The minimum Gasteiger partial charge on any atom is -0.369 e. The normalized spacial score (nSPS) is 22.5. The Bertz CT molecular complexity index is 1020. The summed E-state index contributed by atoms with van der Waals surface area (Å²) in [6.45, 7) is 6.93. The van der Waals surface area contributed by atoms with Crippen LogP contribution in [0, 0.1) is 0 Å². The lowest BCUT2D eigenvalue weighted by Crippen LogP contribution is -2.49. The predicted octanol–water partition coefficient (Wildman–Crippen LogP) is 2.27. The highest BCUT2D eigenvalue weighted by Gasteiger charge is 2.32. The Balaban J connectivity index is 1.32. The summed E-state index contributed by atoms with van der Waals surface area (Å²) >= 11 is 0. The van der Waals surface area contributed by atoms with Crippen LogP contribution in [0.3, 0.4) is 0 Å². The van der Waals surface area contributed by atoms with E-state index in [0.717, 1.165) is 47.5 Å². The van der Waals surface area contributed by atoms with Crippen LogP contribution in [0.25, 0.3) is 11.0 Å². The number of carbonyl (C=O) groups excluding carboxylic acids is 1. The number of ether oxygens (including phenoxy) is 1. The van der Waals surface area contributed by atoms with E-state index in [1.807, 2.05) is 30.9 Å². The van der Waals surface area contributed by atoms with Gasteiger partial charge in [-0.3, -0.25) is 9.89 Å². The third-order valence-electron chi connectivity index (χ3n) is 5.77. The van der Waals surface area contributed by atoms with Gasteiger partial charge in [-0.1, -0.05) is 6.07 Å².